The zero-order valence-corrected chi connectivity index (χ0v) is 16.5. The Labute approximate surface area is 170 Å². The van der Waals surface area contributed by atoms with E-state index in [2.05, 4.69) is 95.4 Å². The Hall–Kier alpha value is -3.72. The molecule has 0 saturated carbocycles. The summed E-state index contributed by atoms with van der Waals surface area (Å²) in [6.07, 6.45) is 0. The molecule has 0 aliphatic carbocycles. The van der Waals surface area contributed by atoms with E-state index in [1.54, 1.807) is 7.11 Å². The van der Waals surface area contributed by atoms with Gasteiger partial charge in [0, 0.05) is 45.9 Å². The minimum atomic E-state index is 0.853. The summed E-state index contributed by atoms with van der Waals surface area (Å²) in [6.45, 7) is 0. The summed E-state index contributed by atoms with van der Waals surface area (Å²) in [5.74, 6) is 0.853. The first kappa shape index (κ1) is 17.4. The quantitative estimate of drug-likeness (QED) is 0.342. The second kappa shape index (κ2) is 7.02. The zero-order chi connectivity index (χ0) is 19.8. The van der Waals surface area contributed by atoms with Crippen LogP contribution in [0.1, 0.15) is 0 Å². The zero-order valence-electron chi connectivity index (χ0n) is 16.5. The van der Waals surface area contributed by atoms with E-state index in [1.165, 1.54) is 21.8 Å². The van der Waals surface area contributed by atoms with Crippen molar-refractivity contribution in [3.63, 3.8) is 0 Å². The van der Waals surface area contributed by atoms with Crippen molar-refractivity contribution in [1.29, 1.82) is 0 Å². The predicted octanol–water partition coefficient (Wildman–Crippen LogP) is 6.81. The first-order valence-corrected chi connectivity index (χ1v) is 9.73. The van der Waals surface area contributed by atoms with Crippen LogP contribution in [0.5, 0.6) is 5.75 Å². The van der Waals surface area contributed by atoms with Gasteiger partial charge in [-0.1, -0.05) is 36.4 Å². The third kappa shape index (κ3) is 2.92. The molecule has 0 aliphatic heterocycles. The number of aromatic nitrogens is 1. The molecule has 0 unspecified atom stereocenters. The number of ether oxygens (including phenoxy) is 1. The molecule has 4 aromatic carbocycles. The number of rotatable bonds is 4. The molecule has 0 aliphatic rings. The fourth-order valence-electron chi connectivity index (χ4n) is 4.05. The largest absolute Gasteiger partial charge is 0.497 e. The maximum absolute atomic E-state index is 5.35. The van der Waals surface area contributed by atoms with Gasteiger partial charge < -0.3 is 14.2 Å². The average molecular weight is 378 g/mol. The van der Waals surface area contributed by atoms with Gasteiger partial charge in [-0.25, -0.2) is 0 Å². The van der Waals surface area contributed by atoms with Crippen LogP contribution in [0.3, 0.4) is 0 Å². The van der Waals surface area contributed by atoms with Crippen LogP contribution in [0.4, 0.5) is 17.1 Å². The summed E-state index contributed by atoms with van der Waals surface area (Å²) >= 11 is 0. The molecule has 0 spiro atoms. The van der Waals surface area contributed by atoms with Crippen LogP contribution in [0.2, 0.25) is 0 Å². The van der Waals surface area contributed by atoms with Gasteiger partial charge in [0.15, 0.2) is 0 Å². The molecule has 0 atom stereocenters. The Morgan fingerprint density at radius 3 is 2.00 bits per heavy atom. The molecule has 3 heteroatoms. The number of fused-ring (bicyclic) bond motifs is 3. The van der Waals surface area contributed by atoms with Crippen LogP contribution in [0.15, 0.2) is 97.1 Å². The molecule has 0 N–H and O–H groups in total. The Morgan fingerprint density at radius 2 is 1.24 bits per heavy atom. The normalized spacial score (nSPS) is 11.1. The number of anilines is 3. The van der Waals surface area contributed by atoms with Gasteiger partial charge in [-0.2, -0.15) is 0 Å². The summed E-state index contributed by atoms with van der Waals surface area (Å²) in [5, 5.41) is 2.53. The van der Waals surface area contributed by atoms with E-state index in [1.807, 2.05) is 18.2 Å². The van der Waals surface area contributed by atoms with Gasteiger partial charge in [-0.15, -0.1) is 0 Å². The van der Waals surface area contributed by atoms with Crippen LogP contribution < -0.4 is 9.64 Å². The minimum Gasteiger partial charge on any atom is -0.497 e. The van der Waals surface area contributed by atoms with E-state index in [-0.39, 0.29) is 0 Å². The fourth-order valence-corrected chi connectivity index (χ4v) is 4.05. The average Bonchev–Trinajstić information content (AvgIpc) is 3.07. The maximum atomic E-state index is 5.35. The molecule has 0 fully saturated rings. The molecule has 0 radical (unpaired) electrons. The molecule has 29 heavy (non-hydrogen) atoms. The standard InChI is InChI=1S/C26H22N2O/c1-27-25-11-7-6-10-23(25)24-18-21(14-17-26(24)27)28(19-8-4-3-5-9-19)20-12-15-22(29-2)16-13-20/h3-18H,1-2H3. The number of para-hydroxylation sites is 2. The van der Waals surface area contributed by atoms with Crippen molar-refractivity contribution in [3.8, 4) is 5.75 Å². The summed E-state index contributed by atoms with van der Waals surface area (Å²) in [5.41, 5.74) is 5.83. The highest BCUT2D eigenvalue weighted by atomic mass is 16.5. The van der Waals surface area contributed by atoms with E-state index in [4.69, 9.17) is 4.74 Å². The summed E-state index contributed by atoms with van der Waals surface area (Å²) < 4.78 is 7.61. The van der Waals surface area contributed by atoms with Crippen LogP contribution in [0, 0.1) is 0 Å². The third-order valence-corrected chi connectivity index (χ3v) is 5.50. The van der Waals surface area contributed by atoms with Crippen LogP contribution in [-0.4, -0.2) is 11.7 Å². The lowest BCUT2D eigenvalue weighted by molar-refractivity contribution is 0.415. The number of benzene rings is 4. The monoisotopic (exact) mass is 378 g/mol. The van der Waals surface area contributed by atoms with Crippen molar-refractivity contribution in [3.05, 3.63) is 97.1 Å². The molecule has 1 aromatic heterocycles. The highest BCUT2D eigenvalue weighted by Gasteiger charge is 2.15. The van der Waals surface area contributed by atoms with Crippen molar-refractivity contribution in [2.45, 2.75) is 0 Å². The molecule has 0 bridgehead atoms. The first-order valence-electron chi connectivity index (χ1n) is 9.73. The Morgan fingerprint density at radius 1 is 0.621 bits per heavy atom. The Kier molecular flexibility index (Phi) is 4.21. The van der Waals surface area contributed by atoms with Crippen molar-refractivity contribution in [2.24, 2.45) is 7.05 Å². The van der Waals surface area contributed by atoms with E-state index >= 15 is 0 Å². The number of hydrogen-bond donors (Lipinski definition) is 0. The van der Waals surface area contributed by atoms with E-state index in [9.17, 15) is 0 Å². The van der Waals surface area contributed by atoms with Gasteiger partial charge >= 0.3 is 0 Å². The summed E-state index contributed by atoms with van der Waals surface area (Å²) in [7, 11) is 3.82. The minimum absolute atomic E-state index is 0.853. The SMILES string of the molecule is COc1ccc(N(c2ccccc2)c2ccc3c(c2)c2ccccc2n3C)cc1. The summed E-state index contributed by atoms with van der Waals surface area (Å²) in [4.78, 5) is 2.28. The second-order valence-corrected chi connectivity index (χ2v) is 7.15. The lowest BCUT2D eigenvalue weighted by Gasteiger charge is -2.25. The number of nitrogens with zero attached hydrogens (tertiary/aromatic N) is 2. The molecular weight excluding hydrogens is 356 g/mol. The third-order valence-electron chi connectivity index (χ3n) is 5.50. The number of methoxy groups -OCH3 is 1. The molecule has 1 heterocycles. The van der Waals surface area contributed by atoms with Gasteiger partial charge in [-0.3, -0.25) is 0 Å². The molecule has 5 aromatic rings. The van der Waals surface area contributed by atoms with Gasteiger partial charge in [0.1, 0.15) is 5.75 Å². The lowest BCUT2D eigenvalue weighted by Crippen LogP contribution is -2.09. The van der Waals surface area contributed by atoms with Gasteiger partial charge in [0.25, 0.3) is 0 Å². The Bertz CT molecular complexity index is 1290. The van der Waals surface area contributed by atoms with E-state index < -0.39 is 0 Å². The van der Waals surface area contributed by atoms with Crippen molar-refractivity contribution < 1.29 is 4.74 Å². The summed E-state index contributed by atoms with van der Waals surface area (Å²) in [6, 6.07) is 33.9. The molecule has 3 nitrogen and oxygen atoms in total. The van der Waals surface area contributed by atoms with Crippen LogP contribution in [0.25, 0.3) is 21.8 Å². The Balaban J connectivity index is 1.73. The topological polar surface area (TPSA) is 17.4 Å². The van der Waals surface area contributed by atoms with Crippen LogP contribution in [-0.2, 0) is 7.05 Å². The van der Waals surface area contributed by atoms with Crippen molar-refractivity contribution in [1.82, 2.24) is 4.57 Å². The molecule has 0 saturated heterocycles. The maximum Gasteiger partial charge on any atom is 0.119 e. The van der Waals surface area contributed by atoms with Crippen molar-refractivity contribution in [2.75, 3.05) is 12.0 Å². The second-order valence-electron chi connectivity index (χ2n) is 7.15. The molecular formula is C26H22N2O. The highest BCUT2D eigenvalue weighted by Crippen LogP contribution is 2.38. The van der Waals surface area contributed by atoms with Gasteiger partial charge in [-0.05, 0) is 60.7 Å². The van der Waals surface area contributed by atoms with Gasteiger partial charge in [0.2, 0.25) is 0 Å². The smallest absolute Gasteiger partial charge is 0.119 e. The molecule has 0 amide bonds. The number of hydrogen-bond acceptors (Lipinski definition) is 2. The van der Waals surface area contributed by atoms with Crippen molar-refractivity contribution >= 4 is 38.9 Å². The molecule has 5 rings (SSSR count). The molecule has 142 valence electrons. The highest BCUT2D eigenvalue weighted by molar-refractivity contribution is 6.09. The number of aryl methyl sites for hydroxylation is 1. The van der Waals surface area contributed by atoms with E-state index in [0.29, 0.717) is 0 Å². The predicted molar refractivity (Wildman–Crippen MR) is 122 cm³/mol. The van der Waals surface area contributed by atoms with Crippen LogP contribution >= 0.6 is 0 Å². The lowest BCUT2D eigenvalue weighted by atomic mass is 10.1. The van der Waals surface area contributed by atoms with Gasteiger partial charge in [0.05, 0.1) is 7.11 Å². The first-order chi connectivity index (χ1) is 14.3. The fraction of sp³-hybridized carbons (Fsp3) is 0.0769. The van der Waals surface area contributed by atoms with E-state index in [0.717, 1.165) is 22.8 Å².